The van der Waals surface area contributed by atoms with Gasteiger partial charge in [-0.25, -0.2) is 4.79 Å². The minimum absolute atomic E-state index is 0.0848. The average molecular weight is 307 g/mol. The maximum absolute atomic E-state index is 12.7. The lowest BCUT2D eigenvalue weighted by Gasteiger charge is -2.25. The van der Waals surface area contributed by atoms with Crippen molar-refractivity contribution >= 4 is 11.9 Å². The molecule has 2 aliphatic heterocycles. The third-order valence-corrected chi connectivity index (χ3v) is 4.46. The van der Waals surface area contributed by atoms with E-state index in [0.29, 0.717) is 31.2 Å². The molecule has 3 heterocycles. The van der Waals surface area contributed by atoms with Gasteiger partial charge in [-0.05, 0) is 34.1 Å². The fraction of sp³-hybridized carbons (Fsp3) is 0.714. The fourth-order valence-electron chi connectivity index (χ4n) is 3.20. The topological polar surface area (TPSA) is 91.6 Å². The summed E-state index contributed by atoms with van der Waals surface area (Å²) in [6, 6.07) is -0.529. The molecule has 3 rings (SSSR count). The highest BCUT2D eigenvalue weighted by Gasteiger charge is 2.56. The van der Waals surface area contributed by atoms with Gasteiger partial charge in [-0.15, -0.1) is 0 Å². The van der Waals surface area contributed by atoms with Crippen molar-refractivity contribution in [3.63, 3.8) is 0 Å². The number of aromatic nitrogens is 2. The molecule has 0 aliphatic carbocycles. The Morgan fingerprint density at radius 2 is 2.05 bits per heavy atom. The van der Waals surface area contributed by atoms with Gasteiger partial charge in [-0.3, -0.25) is 14.6 Å². The van der Waals surface area contributed by atoms with Gasteiger partial charge in [-0.1, -0.05) is 5.16 Å². The van der Waals surface area contributed by atoms with Crippen molar-refractivity contribution in [1.82, 2.24) is 25.3 Å². The van der Waals surface area contributed by atoms with Crippen LogP contribution in [0.4, 0.5) is 4.79 Å². The number of hydrogen-bond acceptors (Lipinski definition) is 6. The predicted octanol–water partition coefficient (Wildman–Crippen LogP) is 0.844. The smallest absolute Gasteiger partial charge is 0.325 e. The average Bonchev–Trinajstić information content (AvgIpc) is 3.10. The first-order valence-electron chi connectivity index (χ1n) is 7.54. The molecule has 120 valence electrons. The Labute approximate surface area is 128 Å². The van der Waals surface area contributed by atoms with E-state index in [2.05, 4.69) is 20.4 Å². The van der Waals surface area contributed by atoms with E-state index in [1.807, 2.05) is 20.8 Å². The van der Waals surface area contributed by atoms with Gasteiger partial charge in [0.05, 0.1) is 6.04 Å². The number of aryl methyl sites for hydroxylation is 1. The van der Waals surface area contributed by atoms with Crippen LogP contribution in [0, 0.1) is 6.92 Å². The third kappa shape index (κ3) is 2.18. The van der Waals surface area contributed by atoms with Gasteiger partial charge in [0, 0.05) is 19.1 Å². The Hall–Kier alpha value is -1.96. The molecular formula is C14H21N5O3. The van der Waals surface area contributed by atoms with Crippen molar-refractivity contribution in [2.75, 3.05) is 13.1 Å². The van der Waals surface area contributed by atoms with E-state index in [1.165, 1.54) is 4.90 Å². The highest BCUT2D eigenvalue weighted by atomic mass is 16.5. The maximum Gasteiger partial charge on any atom is 0.325 e. The van der Waals surface area contributed by atoms with Crippen molar-refractivity contribution < 1.29 is 14.1 Å². The van der Waals surface area contributed by atoms with Gasteiger partial charge in [-0.2, -0.15) is 4.98 Å². The lowest BCUT2D eigenvalue weighted by molar-refractivity contribution is -0.132. The lowest BCUT2D eigenvalue weighted by atomic mass is 9.98. The van der Waals surface area contributed by atoms with Crippen molar-refractivity contribution in [2.45, 2.75) is 51.7 Å². The van der Waals surface area contributed by atoms with Crippen molar-refractivity contribution in [3.8, 4) is 0 Å². The second kappa shape index (κ2) is 5.05. The zero-order valence-corrected chi connectivity index (χ0v) is 13.3. The summed E-state index contributed by atoms with van der Waals surface area (Å²) >= 11 is 0. The summed E-state index contributed by atoms with van der Waals surface area (Å²) in [6.07, 6.45) is 0.595. The molecule has 2 atom stereocenters. The Morgan fingerprint density at radius 1 is 1.32 bits per heavy atom. The molecule has 2 unspecified atom stereocenters. The SMILES string of the molecule is Cc1noc(C(C)N2CCC3(C2)NC(=O)N(C(C)C)C3=O)n1. The van der Waals surface area contributed by atoms with Gasteiger partial charge in [0.25, 0.3) is 5.91 Å². The molecule has 1 aromatic rings. The van der Waals surface area contributed by atoms with Crippen molar-refractivity contribution in [2.24, 2.45) is 0 Å². The molecule has 1 N–H and O–H groups in total. The van der Waals surface area contributed by atoms with E-state index in [0.717, 1.165) is 0 Å². The Morgan fingerprint density at radius 3 is 2.59 bits per heavy atom. The van der Waals surface area contributed by atoms with E-state index >= 15 is 0 Å². The number of likely N-dealkylation sites (tertiary alicyclic amines) is 1. The van der Waals surface area contributed by atoms with Crippen LogP contribution in [0.2, 0.25) is 0 Å². The molecule has 0 radical (unpaired) electrons. The van der Waals surface area contributed by atoms with Crippen molar-refractivity contribution in [3.05, 3.63) is 11.7 Å². The number of amides is 3. The van der Waals surface area contributed by atoms with E-state index in [4.69, 9.17) is 4.52 Å². The molecule has 0 aromatic carbocycles. The molecule has 1 spiro atoms. The molecule has 0 saturated carbocycles. The second-order valence-corrected chi connectivity index (χ2v) is 6.36. The number of hydrogen-bond donors (Lipinski definition) is 1. The Balaban J connectivity index is 1.77. The van der Waals surface area contributed by atoms with Gasteiger partial charge < -0.3 is 9.84 Å². The second-order valence-electron chi connectivity index (χ2n) is 6.36. The zero-order valence-electron chi connectivity index (χ0n) is 13.3. The standard InChI is InChI=1S/C14H21N5O3/c1-8(2)19-12(20)14(16-13(19)21)5-6-18(7-14)9(3)11-15-10(4)17-22-11/h8-9H,5-7H2,1-4H3,(H,16,21). The van der Waals surface area contributed by atoms with E-state index < -0.39 is 5.54 Å². The third-order valence-electron chi connectivity index (χ3n) is 4.46. The minimum atomic E-state index is -0.815. The highest BCUT2D eigenvalue weighted by molar-refractivity contribution is 6.07. The largest absolute Gasteiger partial charge is 0.338 e. The van der Waals surface area contributed by atoms with Gasteiger partial charge in [0.1, 0.15) is 5.54 Å². The highest BCUT2D eigenvalue weighted by Crippen LogP contribution is 2.33. The Bertz CT molecular complexity index is 613. The molecule has 22 heavy (non-hydrogen) atoms. The van der Waals surface area contributed by atoms with Gasteiger partial charge in [0.15, 0.2) is 5.82 Å². The normalized spacial score (nSPS) is 27.2. The summed E-state index contributed by atoms with van der Waals surface area (Å²) in [4.78, 5) is 32.4. The summed E-state index contributed by atoms with van der Waals surface area (Å²) in [6.45, 7) is 8.57. The fourth-order valence-corrected chi connectivity index (χ4v) is 3.20. The number of nitrogens with zero attached hydrogens (tertiary/aromatic N) is 4. The van der Waals surface area contributed by atoms with Crippen LogP contribution in [0.15, 0.2) is 4.52 Å². The van der Waals surface area contributed by atoms with Gasteiger partial charge in [0.2, 0.25) is 5.89 Å². The summed E-state index contributed by atoms with van der Waals surface area (Å²) in [7, 11) is 0. The van der Waals surface area contributed by atoms with Crippen molar-refractivity contribution in [1.29, 1.82) is 0 Å². The molecule has 0 bridgehead atoms. The molecular weight excluding hydrogens is 286 g/mol. The van der Waals surface area contributed by atoms with E-state index in [9.17, 15) is 9.59 Å². The number of carbonyl (C=O) groups is 2. The first-order chi connectivity index (χ1) is 10.3. The number of urea groups is 1. The minimum Gasteiger partial charge on any atom is -0.338 e. The van der Waals surface area contributed by atoms with Crippen LogP contribution in [0.1, 0.15) is 44.9 Å². The van der Waals surface area contributed by atoms with Crippen LogP contribution in [0.3, 0.4) is 0 Å². The van der Waals surface area contributed by atoms with E-state index in [1.54, 1.807) is 6.92 Å². The van der Waals surface area contributed by atoms with Crippen LogP contribution < -0.4 is 5.32 Å². The molecule has 8 nitrogen and oxygen atoms in total. The molecule has 2 saturated heterocycles. The number of carbonyl (C=O) groups excluding carboxylic acids is 2. The predicted molar refractivity (Wildman–Crippen MR) is 76.9 cm³/mol. The van der Waals surface area contributed by atoms with Gasteiger partial charge >= 0.3 is 6.03 Å². The van der Waals surface area contributed by atoms with Crippen LogP contribution in [-0.4, -0.2) is 56.5 Å². The lowest BCUT2D eigenvalue weighted by Crippen LogP contribution is -2.49. The number of imide groups is 1. The monoisotopic (exact) mass is 307 g/mol. The summed E-state index contributed by atoms with van der Waals surface area (Å²) < 4.78 is 5.21. The summed E-state index contributed by atoms with van der Waals surface area (Å²) in [5.41, 5.74) is -0.815. The first kappa shape index (κ1) is 15.0. The quantitative estimate of drug-likeness (QED) is 0.832. The summed E-state index contributed by atoms with van der Waals surface area (Å²) in [5, 5.41) is 6.68. The van der Waals surface area contributed by atoms with Crippen LogP contribution in [0.5, 0.6) is 0 Å². The Kier molecular flexibility index (Phi) is 3.43. The molecule has 1 aromatic heterocycles. The van der Waals surface area contributed by atoms with Crippen LogP contribution in [-0.2, 0) is 4.79 Å². The molecule has 2 aliphatic rings. The number of nitrogens with one attached hydrogen (secondary N) is 1. The first-order valence-corrected chi connectivity index (χ1v) is 7.54. The number of rotatable bonds is 3. The van der Waals surface area contributed by atoms with E-state index in [-0.39, 0.29) is 24.0 Å². The molecule has 3 amide bonds. The summed E-state index contributed by atoms with van der Waals surface area (Å²) in [5.74, 6) is 0.989. The van der Waals surface area contributed by atoms with Crippen LogP contribution in [0.25, 0.3) is 0 Å². The molecule has 8 heteroatoms. The zero-order chi connectivity index (χ0) is 16.1. The van der Waals surface area contributed by atoms with Crippen LogP contribution >= 0.6 is 0 Å². The molecule has 2 fully saturated rings. The maximum atomic E-state index is 12.7.